The zero-order chi connectivity index (χ0) is 19.9. The summed E-state index contributed by atoms with van der Waals surface area (Å²) in [6.45, 7) is 3.38. The molecule has 8 heteroatoms. The SMILES string of the molecule is CCNC1CCCCC1NC(=O)Nc1ncc(-c2ccc(CN)cc2)c(=O)[nH]1. The molecule has 1 saturated carbocycles. The number of carbonyl (C=O) groups is 1. The van der Waals surface area contributed by atoms with Crippen LogP contribution in [0, 0.1) is 0 Å². The third-order valence-electron chi connectivity index (χ3n) is 5.08. The Hall–Kier alpha value is -2.71. The molecule has 3 rings (SSSR count). The largest absolute Gasteiger partial charge is 0.333 e. The molecule has 28 heavy (non-hydrogen) atoms. The zero-order valence-corrected chi connectivity index (χ0v) is 16.1. The summed E-state index contributed by atoms with van der Waals surface area (Å²) in [4.78, 5) is 31.6. The molecule has 0 saturated heterocycles. The molecule has 2 amide bonds. The van der Waals surface area contributed by atoms with Gasteiger partial charge in [-0.1, -0.05) is 44.0 Å². The van der Waals surface area contributed by atoms with Crippen LogP contribution in [0.15, 0.2) is 35.3 Å². The smallest absolute Gasteiger partial charge is 0.321 e. The van der Waals surface area contributed by atoms with E-state index in [1.165, 1.54) is 12.6 Å². The number of urea groups is 1. The van der Waals surface area contributed by atoms with Crippen LogP contribution in [0.3, 0.4) is 0 Å². The van der Waals surface area contributed by atoms with Gasteiger partial charge >= 0.3 is 6.03 Å². The number of hydrogen-bond acceptors (Lipinski definition) is 5. The predicted molar refractivity (Wildman–Crippen MR) is 110 cm³/mol. The fourth-order valence-corrected chi connectivity index (χ4v) is 3.61. The minimum atomic E-state index is -0.363. The van der Waals surface area contributed by atoms with Crippen LogP contribution in [0.5, 0.6) is 0 Å². The first-order chi connectivity index (χ1) is 13.6. The molecule has 2 unspecified atom stereocenters. The van der Waals surface area contributed by atoms with E-state index >= 15 is 0 Å². The topological polar surface area (TPSA) is 125 Å². The molecule has 0 aliphatic heterocycles. The van der Waals surface area contributed by atoms with Crippen molar-refractivity contribution in [3.63, 3.8) is 0 Å². The Morgan fingerprint density at radius 1 is 1.21 bits per heavy atom. The van der Waals surface area contributed by atoms with Gasteiger partial charge in [-0.05, 0) is 30.5 Å². The van der Waals surface area contributed by atoms with Gasteiger partial charge in [-0.3, -0.25) is 15.1 Å². The fraction of sp³-hybridized carbons (Fsp3) is 0.450. The maximum absolute atomic E-state index is 12.4. The number of nitrogens with two attached hydrogens (primary N) is 1. The Bertz CT molecular complexity index is 847. The Morgan fingerprint density at radius 2 is 1.93 bits per heavy atom. The predicted octanol–water partition coefficient (Wildman–Crippen LogP) is 1.94. The van der Waals surface area contributed by atoms with Crippen molar-refractivity contribution in [2.75, 3.05) is 11.9 Å². The van der Waals surface area contributed by atoms with Gasteiger partial charge in [-0.2, -0.15) is 0 Å². The molecule has 0 bridgehead atoms. The number of nitrogens with one attached hydrogen (secondary N) is 4. The highest BCUT2D eigenvalue weighted by Crippen LogP contribution is 2.19. The highest BCUT2D eigenvalue weighted by molar-refractivity contribution is 5.87. The Morgan fingerprint density at radius 3 is 2.57 bits per heavy atom. The summed E-state index contributed by atoms with van der Waals surface area (Å²) in [7, 11) is 0. The van der Waals surface area contributed by atoms with E-state index in [0.717, 1.165) is 36.9 Å². The molecular weight excluding hydrogens is 356 g/mol. The minimum absolute atomic E-state index is 0.0701. The summed E-state index contributed by atoms with van der Waals surface area (Å²) >= 11 is 0. The average molecular weight is 384 g/mol. The van der Waals surface area contributed by atoms with Crippen molar-refractivity contribution < 1.29 is 4.79 Å². The lowest BCUT2D eigenvalue weighted by atomic mass is 9.90. The molecule has 0 radical (unpaired) electrons. The first kappa shape index (κ1) is 20.0. The van der Waals surface area contributed by atoms with Gasteiger partial charge in [0.2, 0.25) is 5.95 Å². The van der Waals surface area contributed by atoms with Gasteiger partial charge in [-0.25, -0.2) is 9.78 Å². The Labute approximate surface area is 164 Å². The number of aromatic amines is 1. The van der Waals surface area contributed by atoms with Gasteiger partial charge in [-0.15, -0.1) is 0 Å². The fourth-order valence-electron chi connectivity index (χ4n) is 3.61. The van der Waals surface area contributed by atoms with Crippen LogP contribution in [0.2, 0.25) is 0 Å². The average Bonchev–Trinajstić information content (AvgIpc) is 2.70. The van der Waals surface area contributed by atoms with Crippen molar-refractivity contribution in [3.05, 3.63) is 46.4 Å². The number of benzene rings is 1. The Kier molecular flexibility index (Phi) is 6.78. The van der Waals surface area contributed by atoms with Crippen molar-refractivity contribution in [2.24, 2.45) is 5.73 Å². The van der Waals surface area contributed by atoms with Crippen molar-refractivity contribution in [3.8, 4) is 11.1 Å². The molecule has 1 aliphatic rings. The van der Waals surface area contributed by atoms with Gasteiger partial charge in [0, 0.05) is 24.8 Å². The number of anilines is 1. The van der Waals surface area contributed by atoms with E-state index in [1.54, 1.807) is 0 Å². The van der Waals surface area contributed by atoms with Crippen LogP contribution < -0.4 is 27.2 Å². The second-order valence-corrected chi connectivity index (χ2v) is 7.03. The van der Waals surface area contributed by atoms with Crippen molar-refractivity contribution in [2.45, 2.75) is 51.2 Å². The van der Waals surface area contributed by atoms with Crippen LogP contribution in [-0.2, 0) is 6.54 Å². The second kappa shape index (κ2) is 9.48. The van der Waals surface area contributed by atoms with Gasteiger partial charge in [0.1, 0.15) is 0 Å². The van der Waals surface area contributed by atoms with E-state index in [0.29, 0.717) is 12.1 Å². The minimum Gasteiger partial charge on any atom is -0.333 e. The summed E-state index contributed by atoms with van der Waals surface area (Å²) in [5, 5.41) is 9.05. The molecule has 6 N–H and O–H groups in total. The first-order valence-electron chi connectivity index (χ1n) is 9.80. The molecule has 2 atom stereocenters. The van der Waals surface area contributed by atoms with E-state index in [4.69, 9.17) is 5.73 Å². The number of H-pyrrole nitrogens is 1. The maximum atomic E-state index is 12.4. The van der Waals surface area contributed by atoms with E-state index < -0.39 is 0 Å². The molecule has 1 fully saturated rings. The summed E-state index contributed by atoms with van der Waals surface area (Å²) in [5.74, 6) is 0.126. The summed E-state index contributed by atoms with van der Waals surface area (Å²) in [6.07, 6.45) is 5.71. The van der Waals surface area contributed by atoms with E-state index in [-0.39, 0.29) is 29.6 Å². The first-order valence-corrected chi connectivity index (χ1v) is 9.80. The van der Waals surface area contributed by atoms with E-state index in [2.05, 4.69) is 32.8 Å². The summed E-state index contributed by atoms with van der Waals surface area (Å²) < 4.78 is 0. The lowest BCUT2D eigenvalue weighted by molar-refractivity contribution is 0.235. The highest BCUT2D eigenvalue weighted by atomic mass is 16.2. The molecule has 150 valence electrons. The molecule has 0 spiro atoms. The zero-order valence-electron chi connectivity index (χ0n) is 16.1. The lowest BCUT2D eigenvalue weighted by Gasteiger charge is -2.32. The maximum Gasteiger partial charge on any atom is 0.321 e. The number of rotatable bonds is 6. The molecule has 2 aromatic rings. The quantitative estimate of drug-likeness (QED) is 0.520. The number of likely N-dealkylation sites (N-methyl/N-ethyl adjacent to an activating group) is 1. The van der Waals surface area contributed by atoms with Crippen molar-refractivity contribution >= 4 is 12.0 Å². The number of hydrogen-bond donors (Lipinski definition) is 5. The number of aromatic nitrogens is 2. The van der Waals surface area contributed by atoms with Crippen molar-refractivity contribution in [1.29, 1.82) is 0 Å². The van der Waals surface area contributed by atoms with Gasteiger partial charge in [0.15, 0.2) is 0 Å². The number of carbonyl (C=O) groups excluding carboxylic acids is 1. The van der Waals surface area contributed by atoms with Crippen molar-refractivity contribution in [1.82, 2.24) is 20.6 Å². The molecule has 1 aromatic heterocycles. The third kappa shape index (κ3) is 4.96. The normalized spacial score (nSPS) is 19.2. The van der Waals surface area contributed by atoms with Crippen LogP contribution in [0.1, 0.15) is 38.2 Å². The van der Waals surface area contributed by atoms with Crippen LogP contribution in [0.25, 0.3) is 11.1 Å². The second-order valence-electron chi connectivity index (χ2n) is 7.03. The molecule has 1 aliphatic carbocycles. The number of nitrogens with zero attached hydrogens (tertiary/aromatic N) is 1. The van der Waals surface area contributed by atoms with Crippen LogP contribution in [-0.4, -0.2) is 34.6 Å². The monoisotopic (exact) mass is 384 g/mol. The lowest BCUT2D eigenvalue weighted by Crippen LogP contribution is -2.52. The van der Waals surface area contributed by atoms with Crippen LogP contribution >= 0.6 is 0 Å². The standard InChI is InChI=1S/C20H28N6O2/c1-2-22-16-5-3-4-6-17(16)24-20(28)26-19-23-12-15(18(27)25-19)14-9-7-13(11-21)8-10-14/h7-10,12,16-17,22H,2-6,11,21H2,1H3,(H3,23,24,25,26,27,28). The molecule has 1 heterocycles. The Balaban J connectivity index is 1.65. The van der Waals surface area contributed by atoms with Crippen LogP contribution in [0.4, 0.5) is 10.7 Å². The summed E-state index contributed by atoms with van der Waals surface area (Å²) in [5.41, 5.74) is 7.46. The van der Waals surface area contributed by atoms with Gasteiger partial charge in [0.25, 0.3) is 5.56 Å². The molecular formula is C20H28N6O2. The molecule has 1 aromatic carbocycles. The summed E-state index contributed by atoms with van der Waals surface area (Å²) in [6, 6.07) is 7.39. The number of amides is 2. The van der Waals surface area contributed by atoms with E-state index in [9.17, 15) is 9.59 Å². The third-order valence-corrected chi connectivity index (χ3v) is 5.08. The highest BCUT2D eigenvalue weighted by Gasteiger charge is 2.25. The van der Waals surface area contributed by atoms with Gasteiger partial charge < -0.3 is 16.4 Å². The van der Waals surface area contributed by atoms with E-state index in [1.807, 2.05) is 24.3 Å². The molecule has 8 nitrogen and oxygen atoms in total. The van der Waals surface area contributed by atoms with Gasteiger partial charge in [0.05, 0.1) is 5.56 Å².